The molecule has 0 saturated heterocycles. The summed E-state index contributed by atoms with van der Waals surface area (Å²) < 4.78 is 0. The molecule has 2 heterocycles. The molecular formula is C15H24N4OS. The number of nitrogens with one attached hydrogen (secondary N) is 1. The standard InChI is InChI=1S/C15H24N4OS/c1-2-19-7-6-12-13(9-19)21-15(17-12)18-14(20)11-5-3-4-10(11)8-16/h10-11H,2-9,16H2,1H3,(H,17,18,20)/t10-,11-/m1/s1. The Hall–Kier alpha value is -0.980. The molecule has 3 rings (SSSR count). The van der Waals surface area contributed by atoms with Crippen LogP contribution in [0.25, 0.3) is 0 Å². The third-order valence-corrected chi connectivity index (χ3v) is 5.78. The lowest BCUT2D eigenvalue weighted by Gasteiger charge is -2.23. The molecule has 0 unspecified atom stereocenters. The molecule has 1 amide bonds. The Morgan fingerprint density at radius 1 is 1.52 bits per heavy atom. The molecule has 3 N–H and O–H groups in total. The molecule has 1 aromatic rings. The molecule has 116 valence electrons. The molecule has 1 aromatic heterocycles. The van der Waals surface area contributed by atoms with Crippen molar-refractivity contribution in [1.29, 1.82) is 0 Å². The van der Waals surface area contributed by atoms with Crippen LogP contribution in [0.5, 0.6) is 0 Å². The maximum atomic E-state index is 12.4. The maximum absolute atomic E-state index is 12.4. The lowest BCUT2D eigenvalue weighted by molar-refractivity contribution is -0.120. The molecule has 0 radical (unpaired) electrons. The fraction of sp³-hybridized carbons (Fsp3) is 0.733. The third-order valence-electron chi connectivity index (χ3n) is 4.79. The molecule has 21 heavy (non-hydrogen) atoms. The van der Waals surface area contributed by atoms with Crippen LogP contribution in [-0.4, -0.2) is 35.4 Å². The number of anilines is 1. The number of hydrogen-bond acceptors (Lipinski definition) is 5. The minimum Gasteiger partial charge on any atom is -0.330 e. The minimum atomic E-state index is 0.0723. The Balaban J connectivity index is 1.66. The van der Waals surface area contributed by atoms with Gasteiger partial charge in [-0.05, 0) is 31.8 Å². The van der Waals surface area contributed by atoms with Crippen molar-refractivity contribution in [1.82, 2.24) is 9.88 Å². The van der Waals surface area contributed by atoms with E-state index >= 15 is 0 Å². The number of nitrogens with two attached hydrogens (primary N) is 1. The summed E-state index contributed by atoms with van der Waals surface area (Å²) in [5.74, 6) is 0.527. The second-order valence-electron chi connectivity index (χ2n) is 6.03. The Kier molecular flexibility index (Phi) is 4.57. The summed E-state index contributed by atoms with van der Waals surface area (Å²) in [5, 5.41) is 3.80. The predicted molar refractivity (Wildman–Crippen MR) is 85.3 cm³/mol. The molecule has 0 bridgehead atoms. The first-order chi connectivity index (χ1) is 10.2. The zero-order valence-corrected chi connectivity index (χ0v) is 13.4. The Morgan fingerprint density at radius 2 is 2.38 bits per heavy atom. The number of fused-ring (bicyclic) bond motifs is 1. The molecule has 0 aromatic carbocycles. The summed E-state index contributed by atoms with van der Waals surface area (Å²) in [6.45, 7) is 5.89. The summed E-state index contributed by atoms with van der Waals surface area (Å²) in [6, 6.07) is 0. The number of likely N-dealkylation sites (N-methyl/N-ethyl adjacent to an activating group) is 1. The average Bonchev–Trinajstić information content (AvgIpc) is 3.11. The summed E-state index contributed by atoms with van der Waals surface area (Å²) in [7, 11) is 0. The van der Waals surface area contributed by atoms with Crippen molar-refractivity contribution in [2.45, 2.75) is 39.2 Å². The van der Waals surface area contributed by atoms with E-state index in [2.05, 4.69) is 22.1 Å². The number of rotatable bonds is 4. The molecule has 1 saturated carbocycles. The van der Waals surface area contributed by atoms with Gasteiger partial charge in [-0.15, -0.1) is 11.3 Å². The van der Waals surface area contributed by atoms with Gasteiger partial charge in [-0.2, -0.15) is 0 Å². The van der Waals surface area contributed by atoms with Crippen LogP contribution >= 0.6 is 11.3 Å². The van der Waals surface area contributed by atoms with Crippen molar-refractivity contribution in [2.24, 2.45) is 17.6 Å². The number of nitrogens with zero attached hydrogens (tertiary/aromatic N) is 2. The van der Waals surface area contributed by atoms with E-state index in [0.717, 1.165) is 50.4 Å². The van der Waals surface area contributed by atoms with Crippen LogP contribution in [0.1, 0.15) is 36.8 Å². The molecule has 6 heteroatoms. The van der Waals surface area contributed by atoms with Crippen LogP contribution in [0.15, 0.2) is 0 Å². The van der Waals surface area contributed by atoms with E-state index in [1.807, 2.05) is 0 Å². The minimum absolute atomic E-state index is 0.0723. The van der Waals surface area contributed by atoms with Crippen LogP contribution in [0, 0.1) is 11.8 Å². The maximum Gasteiger partial charge on any atom is 0.229 e. The molecule has 2 aliphatic rings. The van der Waals surface area contributed by atoms with E-state index in [0.29, 0.717) is 12.5 Å². The van der Waals surface area contributed by atoms with Gasteiger partial charge in [-0.25, -0.2) is 4.98 Å². The first-order valence-electron chi connectivity index (χ1n) is 7.93. The topological polar surface area (TPSA) is 71.2 Å². The van der Waals surface area contributed by atoms with Crippen molar-refractivity contribution in [3.63, 3.8) is 0 Å². The lowest BCUT2D eigenvalue weighted by Crippen LogP contribution is -2.29. The van der Waals surface area contributed by atoms with E-state index in [1.165, 1.54) is 10.6 Å². The molecule has 1 aliphatic heterocycles. The normalized spacial score (nSPS) is 25.8. The van der Waals surface area contributed by atoms with Crippen molar-refractivity contribution in [3.8, 4) is 0 Å². The van der Waals surface area contributed by atoms with Gasteiger partial charge < -0.3 is 11.1 Å². The highest BCUT2D eigenvalue weighted by Crippen LogP contribution is 2.33. The molecular weight excluding hydrogens is 284 g/mol. The highest BCUT2D eigenvalue weighted by molar-refractivity contribution is 7.15. The van der Waals surface area contributed by atoms with Gasteiger partial charge in [0.1, 0.15) is 0 Å². The Morgan fingerprint density at radius 3 is 3.14 bits per heavy atom. The highest BCUT2D eigenvalue weighted by atomic mass is 32.1. The average molecular weight is 308 g/mol. The van der Waals surface area contributed by atoms with Gasteiger partial charge in [0.2, 0.25) is 5.91 Å². The second kappa shape index (κ2) is 6.42. The van der Waals surface area contributed by atoms with E-state index < -0.39 is 0 Å². The summed E-state index contributed by atoms with van der Waals surface area (Å²) in [5.41, 5.74) is 6.94. The van der Waals surface area contributed by atoms with Crippen molar-refractivity contribution >= 4 is 22.4 Å². The first-order valence-corrected chi connectivity index (χ1v) is 8.74. The number of carbonyl (C=O) groups excluding carboxylic acids is 1. The summed E-state index contributed by atoms with van der Waals surface area (Å²) in [4.78, 5) is 20.7. The Bertz CT molecular complexity index is 516. The van der Waals surface area contributed by atoms with Gasteiger partial charge >= 0.3 is 0 Å². The van der Waals surface area contributed by atoms with Crippen LogP contribution in [0.3, 0.4) is 0 Å². The van der Waals surface area contributed by atoms with Gasteiger partial charge in [0.05, 0.1) is 5.69 Å². The number of thiazole rings is 1. The molecule has 5 nitrogen and oxygen atoms in total. The molecule has 2 atom stereocenters. The molecule has 1 fully saturated rings. The van der Waals surface area contributed by atoms with E-state index in [-0.39, 0.29) is 11.8 Å². The van der Waals surface area contributed by atoms with Crippen LogP contribution < -0.4 is 11.1 Å². The SMILES string of the molecule is CCN1CCc2nc(NC(=O)[C@@H]3CCC[C@@H]3CN)sc2C1. The number of carbonyl (C=O) groups is 1. The fourth-order valence-electron chi connectivity index (χ4n) is 3.43. The molecule has 0 spiro atoms. The van der Waals surface area contributed by atoms with Crippen LogP contribution in [0.4, 0.5) is 5.13 Å². The quantitative estimate of drug-likeness (QED) is 0.890. The Labute approximate surface area is 129 Å². The third kappa shape index (κ3) is 3.12. The second-order valence-corrected chi connectivity index (χ2v) is 7.11. The monoisotopic (exact) mass is 308 g/mol. The highest BCUT2D eigenvalue weighted by Gasteiger charge is 2.32. The van der Waals surface area contributed by atoms with Crippen LogP contribution in [0.2, 0.25) is 0 Å². The van der Waals surface area contributed by atoms with Crippen molar-refractivity contribution < 1.29 is 4.79 Å². The zero-order chi connectivity index (χ0) is 14.8. The van der Waals surface area contributed by atoms with Crippen molar-refractivity contribution in [2.75, 3.05) is 25.0 Å². The number of hydrogen-bond donors (Lipinski definition) is 2. The van der Waals surface area contributed by atoms with Gasteiger partial charge in [0, 0.05) is 30.3 Å². The lowest BCUT2D eigenvalue weighted by atomic mass is 9.95. The largest absolute Gasteiger partial charge is 0.330 e. The summed E-state index contributed by atoms with van der Waals surface area (Å²) in [6.07, 6.45) is 4.14. The van der Waals surface area contributed by atoms with Gasteiger partial charge in [0.15, 0.2) is 5.13 Å². The smallest absolute Gasteiger partial charge is 0.229 e. The van der Waals surface area contributed by atoms with Gasteiger partial charge in [-0.1, -0.05) is 13.3 Å². The fourth-order valence-corrected chi connectivity index (χ4v) is 4.49. The molecule has 1 aliphatic carbocycles. The van der Waals surface area contributed by atoms with E-state index in [9.17, 15) is 4.79 Å². The predicted octanol–water partition coefficient (Wildman–Crippen LogP) is 1.83. The number of aromatic nitrogens is 1. The number of amides is 1. The van der Waals surface area contributed by atoms with Crippen LogP contribution in [-0.2, 0) is 17.8 Å². The van der Waals surface area contributed by atoms with Crippen molar-refractivity contribution in [3.05, 3.63) is 10.6 Å². The summed E-state index contributed by atoms with van der Waals surface area (Å²) >= 11 is 1.63. The van der Waals surface area contributed by atoms with E-state index in [1.54, 1.807) is 11.3 Å². The zero-order valence-electron chi connectivity index (χ0n) is 12.6. The van der Waals surface area contributed by atoms with Gasteiger partial charge in [-0.3, -0.25) is 9.69 Å². The van der Waals surface area contributed by atoms with Gasteiger partial charge in [0.25, 0.3) is 0 Å². The first kappa shape index (κ1) is 14.9. The van der Waals surface area contributed by atoms with E-state index in [4.69, 9.17) is 5.73 Å².